The molecule has 0 aliphatic rings. The maximum absolute atomic E-state index is 12.9. The predicted molar refractivity (Wildman–Crippen MR) is 54.5 cm³/mol. The Morgan fingerprint density at radius 3 is 2.71 bits per heavy atom. The molecule has 14 heavy (non-hydrogen) atoms. The lowest BCUT2D eigenvalue weighted by molar-refractivity contribution is 0.208. The van der Waals surface area contributed by atoms with Crippen LogP contribution in [-0.2, 0) is 6.42 Å². The van der Waals surface area contributed by atoms with E-state index in [9.17, 15) is 4.39 Å². The van der Waals surface area contributed by atoms with Crippen molar-refractivity contribution in [1.29, 1.82) is 0 Å². The molecule has 1 aromatic rings. The zero-order valence-electron chi connectivity index (χ0n) is 8.55. The lowest BCUT2D eigenvalue weighted by atomic mass is 9.92. The van der Waals surface area contributed by atoms with Gasteiger partial charge in [-0.1, -0.05) is 6.07 Å². The fourth-order valence-corrected chi connectivity index (χ4v) is 1.32. The molecule has 0 bridgehead atoms. The highest BCUT2D eigenvalue weighted by molar-refractivity contribution is 5.28. The van der Waals surface area contributed by atoms with Crippen molar-refractivity contribution in [1.82, 2.24) is 0 Å². The summed E-state index contributed by atoms with van der Waals surface area (Å²) in [4.78, 5) is 0. The molecule has 3 N–H and O–H groups in total. The molecule has 0 saturated carbocycles. The van der Waals surface area contributed by atoms with Crippen LogP contribution >= 0.6 is 0 Å². The molecule has 1 aromatic carbocycles. The molecule has 0 saturated heterocycles. The minimum absolute atomic E-state index is 0.108. The molecule has 3 heteroatoms. The van der Waals surface area contributed by atoms with Crippen molar-refractivity contribution in [3.05, 3.63) is 35.1 Å². The average Bonchev–Trinajstić information content (AvgIpc) is 2.11. The van der Waals surface area contributed by atoms with Gasteiger partial charge in [0.1, 0.15) is 5.82 Å². The van der Waals surface area contributed by atoms with E-state index < -0.39 is 5.54 Å². The lowest BCUT2D eigenvalue weighted by Gasteiger charge is -2.22. The van der Waals surface area contributed by atoms with Crippen LogP contribution in [0.4, 0.5) is 4.39 Å². The summed E-state index contributed by atoms with van der Waals surface area (Å²) in [5.74, 6) is -0.265. The molecule has 0 amide bonds. The van der Waals surface area contributed by atoms with E-state index in [4.69, 9.17) is 10.8 Å². The largest absolute Gasteiger partial charge is 0.394 e. The summed E-state index contributed by atoms with van der Waals surface area (Å²) in [7, 11) is 0. The predicted octanol–water partition coefficient (Wildman–Crippen LogP) is 1.39. The summed E-state index contributed by atoms with van der Waals surface area (Å²) in [6, 6.07) is 4.61. The zero-order chi connectivity index (χ0) is 10.8. The Kier molecular flexibility index (Phi) is 3.24. The van der Waals surface area contributed by atoms with E-state index in [0.717, 1.165) is 11.1 Å². The molecule has 0 spiro atoms. The van der Waals surface area contributed by atoms with Crippen molar-refractivity contribution < 1.29 is 9.50 Å². The molecular weight excluding hydrogens is 181 g/mol. The molecule has 0 heterocycles. The Morgan fingerprint density at radius 2 is 2.14 bits per heavy atom. The minimum Gasteiger partial charge on any atom is -0.394 e. The third-order valence-corrected chi connectivity index (χ3v) is 2.27. The van der Waals surface area contributed by atoms with Gasteiger partial charge in [0.2, 0.25) is 0 Å². The van der Waals surface area contributed by atoms with E-state index in [2.05, 4.69) is 0 Å². The maximum Gasteiger partial charge on any atom is 0.123 e. The number of hydrogen-bond donors (Lipinski definition) is 2. The van der Waals surface area contributed by atoms with Crippen molar-refractivity contribution >= 4 is 0 Å². The van der Waals surface area contributed by atoms with Crippen molar-refractivity contribution in [2.24, 2.45) is 5.73 Å². The molecule has 0 aliphatic heterocycles. The molecule has 2 nitrogen and oxygen atoms in total. The standard InChI is InChI=1S/C11H16FNO/c1-8-3-4-10(12)5-9(8)6-11(2,13)7-14/h3-5,14H,6-7,13H2,1-2H3. The summed E-state index contributed by atoms with van der Waals surface area (Å²) in [6.07, 6.45) is 0.479. The number of hydrogen-bond acceptors (Lipinski definition) is 2. The first-order valence-electron chi connectivity index (χ1n) is 4.59. The van der Waals surface area contributed by atoms with Crippen LogP contribution in [0.3, 0.4) is 0 Å². The Labute approximate surface area is 83.6 Å². The molecule has 0 fully saturated rings. The van der Waals surface area contributed by atoms with Gasteiger partial charge in [0.15, 0.2) is 0 Å². The van der Waals surface area contributed by atoms with E-state index in [1.165, 1.54) is 12.1 Å². The third-order valence-electron chi connectivity index (χ3n) is 2.27. The highest BCUT2D eigenvalue weighted by Gasteiger charge is 2.18. The first kappa shape index (κ1) is 11.1. The van der Waals surface area contributed by atoms with Crippen LogP contribution in [-0.4, -0.2) is 17.3 Å². The summed E-state index contributed by atoms with van der Waals surface area (Å²) < 4.78 is 12.9. The van der Waals surface area contributed by atoms with Gasteiger partial charge in [-0.3, -0.25) is 0 Å². The van der Waals surface area contributed by atoms with Gasteiger partial charge in [0.05, 0.1) is 6.61 Å². The minimum atomic E-state index is -0.682. The van der Waals surface area contributed by atoms with E-state index in [1.807, 2.05) is 6.92 Å². The quantitative estimate of drug-likeness (QED) is 0.769. The molecular formula is C11H16FNO. The number of rotatable bonds is 3. The smallest absolute Gasteiger partial charge is 0.123 e. The van der Waals surface area contributed by atoms with Gasteiger partial charge in [-0.05, 0) is 43.5 Å². The topological polar surface area (TPSA) is 46.2 Å². The van der Waals surface area contributed by atoms with Gasteiger partial charge in [-0.15, -0.1) is 0 Å². The van der Waals surface area contributed by atoms with E-state index in [0.29, 0.717) is 6.42 Å². The Balaban J connectivity index is 2.91. The SMILES string of the molecule is Cc1ccc(F)cc1CC(C)(N)CO. The second-order valence-electron chi connectivity index (χ2n) is 4.06. The first-order valence-corrected chi connectivity index (χ1v) is 4.59. The highest BCUT2D eigenvalue weighted by Crippen LogP contribution is 2.15. The first-order chi connectivity index (χ1) is 6.44. The van der Waals surface area contributed by atoms with Gasteiger partial charge >= 0.3 is 0 Å². The molecule has 1 rings (SSSR count). The second kappa shape index (κ2) is 4.07. The number of benzene rings is 1. The Bertz CT molecular complexity index is 323. The van der Waals surface area contributed by atoms with E-state index >= 15 is 0 Å². The van der Waals surface area contributed by atoms with Crippen LogP contribution in [0.15, 0.2) is 18.2 Å². The second-order valence-corrected chi connectivity index (χ2v) is 4.06. The van der Waals surface area contributed by atoms with E-state index in [1.54, 1.807) is 13.0 Å². The van der Waals surface area contributed by atoms with Crippen LogP contribution < -0.4 is 5.73 Å². The van der Waals surface area contributed by atoms with Crippen LogP contribution in [0.25, 0.3) is 0 Å². The molecule has 0 aliphatic carbocycles. The highest BCUT2D eigenvalue weighted by atomic mass is 19.1. The number of aliphatic hydroxyl groups excluding tert-OH is 1. The summed E-state index contributed by atoms with van der Waals surface area (Å²) in [5, 5.41) is 9.00. The third kappa shape index (κ3) is 2.79. The van der Waals surface area contributed by atoms with Gasteiger partial charge in [0.25, 0.3) is 0 Å². The maximum atomic E-state index is 12.9. The zero-order valence-corrected chi connectivity index (χ0v) is 8.55. The number of aryl methyl sites for hydroxylation is 1. The van der Waals surface area contributed by atoms with Crippen molar-refractivity contribution in [2.45, 2.75) is 25.8 Å². The van der Waals surface area contributed by atoms with Crippen LogP contribution in [0.1, 0.15) is 18.1 Å². The monoisotopic (exact) mass is 197 g/mol. The fraction of sp³-hybridized carbons (Fsp3) is 0.455. The van der Waals surface area contributed by atoms with Crippen LogP contribution in [0.2, 0.25) is 0 Å². The van der Waals surface area contributed by atoms with Gasteiger partial charge < -0.3 is 10.8 Å². The molecule has 1 unspecified atom stereocenters. The Hall–Kier alpha value is -0.930. The van der Waals surface area contributed by atoms with Gasteiger partial charge in [-0.25, -0.2) is 4.39 Å². The van der Waals surface area contributed by atoms with Crippen molar-refractivity contribution in [3.63, 3.8) is 0 Å². The van der Waals surface area contributed by atoms with Crippen molar-refractivity contribution in [2.75, 3.05) is 6.61 Å². The molecule has 0 radical (unpaired) electrons. The molecule has 1 atom stereocenters. The average molecular weight is 197 g/mol. The summed E-state index contributed by atoms with van der Waals surface area (Å²) in [6.45, 7) is 3.54. The van der Waals surface area contributed by atoms with Crippen LogP contribution in [0.5, 0.6) is 0 Å². The van der Waals surface area contributed by atoms with Gasteiger partial charge in [-0.2, -0.15) is 0 Å². The van der Waals surface area contributed by atoms with Crippen LogP contribution in [0, 0.1) is 12.7 Å². The molecule has 78 valence electrons. The Morgan fingerprint density at radius 1 is 1.50 bits per heavy atom. The number of halogens is 1. The summed E-state index contributed by atoms with van der Waals surface area (Å²) >= 11 is 0. The van der Waals surface area contributed by atoms with Crippen molar-refractivity contribution in [3.8, 4) is 0 Å². The molecule has 0 aromatic heterocycles. The normalized spacial score (nSPS) is 15.2. The van der Waals surface area contributed by atoms with Gasteiger partial charge in [0, 0.05) is 5.54 Å². The van der Waals surface area contributed by atoms with E-state index in [-0.39, 0.29) is 12.4 Å². The fourth-order valence-electron chi connectivity index (χ4n) is 1.32. The summed E-state index contributed by atoms with van der Waals surface area (Å²) in [5.41, 5.74) is 6.96. The number of aliphatic hydroxyl groups is 1. The number of nitrogens with two attached hydrogens (primary N) is 1. The lowest BCUT2D eigenvalue weighted by Crippen LogP contribution is -2.42.